The second-order valence-corrected chi connectivity index (χ2v) is 9.08. The van der Waals surface area contributed by atoms with Crippen LogP contribution in [0.5, 0.6) is 17.2 Å². The number of allylic oxidation sites excluding steroid dienone is 1. The molecule has 0 fully saturated rings. The number of hydrogen-bond acceptors (Lipinski definition) is 7. The van der Waals surface area contributed by atoms with Gasteiger partial charge in [-0.2, -0.15) is 10.1 Å². The topological polar surface area (TPSA) is 99.5 Å². The van der Waals surface area contributed by atoms with E-state index in [4.69, 9.17) is 25.8 Å². The van der Waals surface area contributed by atoms with Crippen LogP contribution < -0.4 is 24.8 Å². The summed E-state index contributed by atoms with van der Waals surface area (Å²) in [6, 6.07) is 16.2. The van der Waals surface area contributed by atoms with Crippen molar-refractivity contribution in [1.29, 1.82) is 0 Å². The van der Waals surface area contributed by atoms with Crippen LogP contribution in [-0.2, 0) is 11.4 Å². The summed E-state index contributed by atoms with van der Waals surface area (Å²) in [5.41, 5.74) is 2.56. The molecule has 1 unspecified atom stereocenters. The molecule has 2 N–H and O–H groups in total. The maximum absolute atomic E-state index is 14.1. The highest BCUT2D eigenvalue weighted by Gasteiger charge is 2.33. The van der Waals surface area contributed by atoms with Crippen LogP contribution in [-0.4, -0.2) is 34.9 Å². The summed E-state index contributed by atoms with van der Waals surface area (Å²) in [6.45, 7) is 1.78. The Morgan fingerprint density at radius 3 is 2.59 bits per heavy atom. The number of halogens is 2. The SMILES string of the molecule is COc1ccc(OC)c(NC(=O)C2=C(C)Nc3ncnn3C2c2ccc(OCc3c(F)cccc3Cl)cc2)c1. The van der Waals surface area contributed by atoms with E-state index in [1.54, 1.807) is 61.2 Å². The molecular weight excluding hydrogens is 525 g/mol. The zero-order valence-corrected chi connectivity index (χ0v) is 22.1. The van der Waals surface area contributed by atoms with Crippen molar-refractivity contribution in [2.45, 2.75) is 19.6 Å². The Morgan fingerprint density at radius 1 is 1.10 bits per heavy atom. The van der Waals surface area contributed by atoms with Gasteiger partial charge in [0, 0.05) is 17.3 Å². The summed E-state index contributed by atoms with van der Waals surface area (Å²) in [5, 5.41) is 10.8. The van der Waals surface area contributed by atoms with Crippen molar-refractivity contribution in [3.63, 3.8) is 0 Å². The van der Waals surface area contributed by atoms with E-state index in [9.17, 15) is 9.18 Å². The van der Waals surface area contributed by atoms with E-state index in [1.165, 1.54) is 19.5 Å². The smallest absolute Gasteiger partial charge is 0.255 e. The first-order valence-corrected chi connectivity index (χ1v) is 12.3. The monoisotopic (exact) mass is 549 g/mol. The number of fused-ring (bicyclic) bond motifs is 1. The van der Waals surface area contributed by atoms with Crippen LogP contribution in [0.25, 0.3) is 0 Å². The molecule has 0 bridgehead atoms. The van der Waals surface area contributed by atoms with Gasteiger partial charge >= 0.3 is 0 Å². The minimum absolute atomic E-state index is 0.0273. The van der Waals surface area contributed by atoms with Crippen molar-refractivity contribution in [3.05, 3.63) is 100 Å². The number of hydrogen-bond donors (Lipinski definition) is 2. The van der Waals surface area contributed by atoms with E-state index >= 15 is 0 Å². The van der Waals surface area contributed by atoms with Crippen LogP contribution in [0.4, 0.5) is 16.0 Å². The summed E-state index contributed by atoms with van der Waals surface area (Å²) < 4.78 is 32.3. The molecule has 11 heteroatoms. The van der Waals surface area contributed by atoms with Crippen LogP contribution in [0.1, 0.15) is 24.1 Å². The Hall–Kier alpha value is -4.57. The van der Waals surface area contributed by atoms with E-state index in [-0.39, 0.29) is 18.1 Å². The first-order chi connectivity index (χ1) is 18.9. The van der Waals surface area contributed by atoms with E-state index in [0.717, 1.165) is 5.56 Å². The largest absolute Gasteiger partial charge is 0.497 e. The molecule has 200 valence electrons. The number of carbonyl (C=O) groups excluding carboxylic acids is 1. The number of benzene rings is 3. The zero-order valence-electron chi connectivity index (χ0n) is 21.4. The van der Waals surface area contributed by atoms with Crippen molar-refractivity contribution in [2.24, 2.45) is 0 Å². The van der Waals surface area contributed by atoms with Gasteiger partial charge in [0.05, 0.1) is 30.5 Å². The fourth-order valence-corrected chi connectivity index (χ4v) is 4.58. The minimum atomic E-state index is -0.588. The average Bonchev–Trinajstić information content (AvgIpc) is 3.40. The lowest BCUT2D eigenvalue weighted by atomic mass is 9.95. The first kappa shape index (κ1) is 26.1. The van der Waals surface area contributed by atoms with Crippen molar-refractivity contribution >= 4 is 29.1 Å². The zero-order chi connectivity index (χ0) is 27.5. The Bertz CT molecular complexity index is 1530. The molecule has 1 aliphatic rings. The van der Waals surface area contributed by atoms with Crippen molar-refractivity contribution in [1.82, 2.24) is 14.8 Å². The fraction of sp³-hybridized carbons (Fsp3) is 0.179. The molecule has 4 aromatic rings. The second kappa shape index (κ2) is 11.0. The standard InChI is InChI=1S/C28H25ClFN5O4/c1-16-25(27(36)34-23-13-19(37-2)11-12-24(23)38-3)26(35-28(33-16)31-15-32-35)17-7-9-18(10-8-17)39-14-20-21(29)5-4-6-22(20)30/h4-13,15,26H,14H2,1-3H3,(H,34,36)(H,31,32,33). The van der Waals surface area contributed by atoms with Gasteiger partial charge in [-0.3, -0.25) is 4.79 Å². The lowest BCUT2D eigenvalue weighted by Gasteiger charge is -2.29. The van der Waals surface area contributed by atoms with Crippen LogP contribution in [0, 0.1) is 5.82 Å². The molecular formula is C28H25ClFN5O4. The molecule has 0 saturated heterocycles. The Kier molecular flexibility index (Phi) is 7.38. The van der Waals surface area contributed by atoms with Gasteiger partial charge in [0.25, 0.3) is 5.91 Å². The minimum Gasteiger partial charge on any atom is -0.497 e. The number of carbonyl (C=O) groups is 1. The van der Waals surface area contributed by atoms with Gasteiger partial charge in [0.15, 0.2) is 0 Å². The van der Waals surface area contributed by atoms with Crippen LogP contribution >= 0.6 is 11.6 Å². The maximum Gasteiger partial charge on any atom is 0.255 e. The molecule has 39 heavy (non-hydrogen) atoms. The van der Waals surface area contributed by atoms with Gasteiger partial charge in [0.1, 0.15) is 42.0 Å². The van der Waals surface area contributed by atoms with E-state index in [2.05, 4.69) is 20.7 Å². The van der Waals surface area contributed by atoms with Crippen molar-refractivity contribution < 1.29 is 23.4 Å². The Labute approximate surface area is 229 Å². The van der Waals surface area contributed by atoms with Gasteiger partial charge < -0.3 is 24.8 Å². The highest BCUT2D eigenvalue weighted by Crippen LogP contribution is 2.37. The van der Waals surface area contributed by atoms with E-state index in [1.807, 2.05) is 12.1 Å². The van der Waals surface area contributed by atoms with Crippen LogP contribution in [0.15, 0.2) is 78.3 Å². The number of aromatic nitrogens is 3. The quantitative estimate of drug-likeness (QED) is 0.295. The molecule has 3 aromatic carbocycles. The predicted molar refractivity (Wildman–Crippen MR) is 145 cm³/mol. The van der Waals surface area contributed by atoms with Gasteiger partial charge in [-0.1, -0.05) is 29.8 Å². The van der Waals surface area contributed by atoms with Crippen LogP contribution in [0.3, 0.4) is 0 Å². The first-order valence-electron chi connectivity index (χ1n) is 12.0. The highest BCUT2D eigenvalue weighted by molar-refractivity contribution is 6.31. The summed E-state index contributed by atoms with van der Waals surface area (Å²) in [5.74, 6) is 1.28. The molecule has 1 atom stereocenters. The molecule has 1 aliphatic heterocycles. The van der Waals surface area contributed by atoms with Gasteiger partial charge in [0.2, 0.25) is 5.95 Å². The molecule has 2 heterocycles. The number of anilines is 2. The van der Waals surface area contributed by atoms with E-state index in [0.29, 0.717) is 45.2 Å². The fourth-order valence-electron chi connectivity index (χ4n) is 4.37. The Balaban J connectivity index is 1.43. The summed E-state index contributed by atoms with van der Waals surface area (Å²) in [6.07, 6.45) is 1.42. The molecule has 1 amide bonds. The predicted octanol–water partition coefficient (Wildman–Crippen LogP) is 5.59. The summed E-state index contributed by atoms with van der Waals surface area (Å²) in [7, 11) is 3.07. The molecule has 0 aliphatic carbocycles. The molecule has 0 radical (unpaired) electrons. The number of methoxy groups -OCH3 is 2. The number of ether oxygens (including phenoxy) is 3. The third-order valence-corrected chi connectivity index (χ3v) is 6.69. The van der Waals surface area contributed by atoms with Crippen LogP contribution in [0.2, 0.25) is 5.02 Å². The molecule has 5 rings (SSSR count). The number of nitrogens with one attached hydrogen (secondary N) is 2. The number of rotatable bonds is 8. The molecule has 9 nitrogen and oxygen atoms in total. The lowest BCUT2D eigenvalue weighted by molar-refractivity contribution is -0.113. The molecule has 0 spiro atoms. The Morgan fingerprint density at radius 2 is 1.87 bits per heavy atom. The van der Waals surface area contributed by atoms with Gasteiger partial charge in [-0.15, -0.1) is 0 Å². The third kappa shape index (κ3) is 5.23. The molecule has 0 saturated carbocycles. The number of amides is 1. The highest BCUT2D eigenvalue weighted by atomic mass is 35.5. The lowest BCUT2D eigenvalue weighted by Crippen LogP contribution is -2.31. The average molecular weight is 550 g/mol. The molecule has 1 aromatic heterocycles. The number of nitrogens with zero attached hydrogens (tertiary/aromatic N) is 3. The second-order valence-electron chi connectivity index (χ2n) is 8.67. The van der Waals surface area contributed by atoms with Crippen molar-refractivity contribution in [2.75, 3.05) is 24.9 Å². The summed E-state index contributed by atoms with van der Waals surface area (Å²) in [4.78, 5) is 18.0. The van der Waals surface area contributed by atoms with Gasteiger partial charge in [-0.05, 0) is 48.9 Å². The maximum atomic E-state index is 14.1. The van der Waals surface area contributed by atoms with Crippen molar-refractivity contribution in [3.8, 4) is 17.2 Å². The normalized spacial score (nSPS) is 14.3. The van der Waals surface area contributed by atoms with Gasteiger partial charge in [-0.25, -0.2) is 9.07 Å². The third-order valence-electron chi connectivity index (χ3n) is 6.33. The van der Waals surface area contributed by atoms with E-state index < -0.39 is 11.9 Å². The summed E-state index contributed by atoms with van der Waals surface area (Å²) >= 11 is 6.11.